The van der Waals surface area contributed by atoms with Crippen LogP contribution < -0.4 is 5.32 Å². The van der Waals surface area contributed by atoms with E-state index in [1.165, 1.54) is 16.9 Å². The lowest BCUT2D eigenvalue weighted by Crippen LogP contribution is -2.28. The molecular weight excluding hydrogens is 262 g/mol. The van der Waals surface area contributed by atoms with Crippen molar-refractivity contribution in [3.8, 4) is 0 Å². The van der Waals surface area contributed by atoms with Gasteiger partial charge < -0.3 is 10.4 Å². The maximum absolute atomic E-state index is 11.7. The summed E-state index contributed by atoms with van der Waals surface area (Å²) in [6.07, 6.45) is 3.14. The lowest BCUT2D eigenvalue weighted by atomic mass is 10.4. The first kappa shape index (κ1) is 13.8. The third-order valence-electron chi connectivity index (χ3n) is 2.74. The number of aryl methyl sites for hydroxylation is 1. The van der Waals surface area contributed by atoms with Crippen molar-refractivity contribution >= 4 is 11.9 Å². The van der Waals surface area contributed by atoms with Crippen LogP contribution in [0.4, 0.5) is 0 Å². The third-order valence-corrected chi connectivity index (χ3v) is 2.74. The summed E-state index contributed by atoms with van der Waals surface area (Å²) in [5.74, 6) is -1.36. The number of carboxylic acid groups (broad SMARTS) is 1. The van der Waals surface area contributed by atoms with Gasteiger partial charge in [-0.3, -0.25) is 14.2 Å². The van der Waals surface area contributed by atoms with Crippen molar-refractivity contribution in [3.63, 3.8) is 0 Å². The van der Waals surface area contributed by atoms with E-state index < -0.39 is 5.97 Å². The van der Waals surface area contributed by atoms with Gasteiger partial charge in [0.05, 0.1) is 12.2 Å². The average Bonchev–Trinajstić information content (AvgIpc) is 3.04. The molecule has 0 aromatic carbocycles. The average molecular weight is 277 g/mol. The summed E-state index contributed by atoms with van der Waals surface area (Å²) in [6.45, 7) is 3.06. The minimum Gasteiger partial charge on any atom is -0.476 e. The summed E-state index contributed by atoms with van der Waals surface area (Å²) >= 11 is 0. The fraction of sp³-hybridized carbons (Fsp3) is 0.333. The van der Waals surface area contributed by atoms with Crippen LogP contribution in [-0.4, -0.2) is 36.5 Å². The molecule has 0 unspecified atom stereocenters. The van der Waals surface area contributed by atoms with Crippen LogP contribution in [0.2, 0.25) is 0 Å². The van der Waals surface area contributed by atoms with Gasteiger partial charge >= 0.3 is 5.97 Å². The number of hydrogen-bond donors (Lipinski definition) is 2. The van der Waals surface area contributed by atoms with E-state index in [0.29, 0.717) is 6.54 Å². The highest BCUT2D eigenvalue weighted by atomic mass is 16.4. The molecule has 0 radical (unpaired) electrons. The molecular formula is C12H15N5O3. The predicted molar refractivity (Wildman–Crippen MR) is 68.9 cm³/mol. The number of aromatic carboxylic acids is 1. The van der Waals surface area contributed by atoms with Gasteiger partial charge in [-0.2, -0.15) is 10.2 Å². The zero-order valence-corrected chi connectivity index (χ0v) is 11.0. The maximum atomic E-state index is 11.7. The van der Waals surface area contributed by atoms with Gasteiger partial charge in [-0.1, -0.05) is 0 Å². The molecule has 2 aromatic heterocycles. The monoisotopic (exact) mass is 277 g/mol. The van der Waals surface area contributed by atoms with Gasteiger partial charge in [-0.15, -0.1) is 0 Å². The number of rotatable bonds is 6. The number of nitrogens with zero attached hydrogens (tertiary/aromatic N) is 4. The lowest BCUT2D eigenvalue weighted by molar-refractivity contribution is -0.122. The number of aromatic nitrogens is 4. The zero-order chi connectivity index (χ0) is 14.5. The van der Waals surface area contributed by atoms with Crippen molar-refractivity contribution in [2.75, 3.05) is 0 Å². The van der Waals surface area contributed by atoms with Crippen molar-refractivity contribution in [1.82, 2.24) is 24.9 Å². The Morgan fingerprint density at radius 3 is 2.85 bits per heavy atom. The highest BCUT2D eigenvalue weighted by Crippen LogP contribution is 1.99. The summed E-state index contributed by atoms with van der Waals surface area (Å²) in [5, 5.41) is 19.3. The quantitative estimate of drug-likeness (QED) is 0.780. The Morgan fingerprint density at radius 2 is 2.20 bits per heavy atom. The largest absolute Gasteiger partial charge is 0.476 e. The highest BCUT2D eigenvalue weighted by Gasteiger charge is 2.09. The first-order chi connectivity index (χ1) is 9.60. The fourth-order valence-electron chi connectivity index (χ4n) is 1.75. The molecule has 8 nitrogen and oxygen atoms in total. The molecule has 2 N–H and O–H groups in total. The number of amides is 1. The van der Waals surface area contributed by atoms with Gasteiger partial charge in [0.15, 0.2) is 5.69 Å². The summed E-state index contributed by atoms with van der Waals surface area (Å²) in [6, 6.07) is 3.18. The van der Waals surface area contributed by atoms with Crippen LogP contribution in [0.25, 0.3) is 0 Å². The minimum atomic E-state index is -1.11. The second kappa shape index (κ2) is 6.00. The molecule has 0 saturated heterocycles. The Labute approximate surface area is 115 Å². The molecule has 0 fully saturated rings. The van der Waals surface area contributed by atoms with Gasteiger partial charge in [-0.05, 0) is 19.1 Å². The normalized spacial score (nSPS) is 10.4. The summed E-state index contributed by atoms with van der Waals surface area (Å²) in [4.78, 5) is 22.4. The van der Waals surface area contributed by atoms with E-state index in [-0.39, 0.29) is 18.1 Å². The van der Waals surface area contributed by atoms with Crippen molar-refractivity contribution in [2.24, 2.45) is 0 Å². The van der Waals surface area contributed by atoms with E-state index in [1.54, 1.807) is 10.9 Å². The first-order valence-electron chi connectivity index (χ1n) is 6.14. The molecule has 20 heavy (non-hydrogen) atoms. The van der Waals surface area contributed by atoms with E-state index in [0.717, 1.165) is 12.2 Å². The van der Waals surface area contributed by atoms with E-state index >= 15 is 0 Å². The molecule has 0 aliphatic carbocycles. The Bertz CT molecular complexity index is 616. The lowest BCUT2D eigenvalue weighted by Gasteiger charge is -2.07. The first-order valence-corrected chi connectivity index (χ1v) is 6.14. The predicted octanol–water partition coefficient (Wildman–Crippen LogP) is 0.114. The molecule has 0 spiro atoms. The van der Waals surface area contributed by atoms with Crippen molar-refractivity contribution in [1.29, 1.82) is 0 Å². The zero-order valence-electron chi connectivity index (χ0n) is 11.0. The molecule has 106 valence electrons. The Morgan fingerprint density at radius 1 is 1.40 bits per heavy atom. The van der Waals surface area contributed by atoms with E-state index in [4.69, 9.17) is 5.11 Å². The van der Waals surface area contributed by atoms with Gasteiger partial charge in [0.25, 0.3) is 0 Å². The van der Waals surface area contributed by atoms with Crippen LogP contribution in [0.15, 0.2) is 24.5 Å². The molecule has 0 bridgehead atoms. The SMILES string of the molecule is CCn1nccc1CNC(=O)Cn1ccc(C(=O)O)n1. The summed E-state index contributed by atoms with van der Waals surface area (Å²) in [7, 11) is 0. The van der Waals surface area contributed by atoms with Crippen LogP contribution in [0.3, 0.4) is 0 Å². The van der Waals surface area contributed by atoms with Gasteiger partial charge in [0.1, 0.15) is 6.54 Å². The Kier molecular flexibility index (Phi) is 4.14. The van der Waals surface area contributed by atoms with E-state index in [9.17, 15) is 9.59 Å². The van der Waals surface area contributed by atoms with Crippen molar-refractivity contribution in [3.05, 3.63) is 35.9 Å². The molecule has 0 saturated carbocycles. The van der Waals surface area contributed by atoms with Gasteiger partial charge in [0, 0.05) is 18.9 Å². The molecule has 8 heteroatoms. The number of carbonyl (C=O) groups is 2. The fourth-order valence-corrected chi connectivity index (χ4v) is 1.75. The van der Waals surface area contributed by atoms with E-state index in [2.05, 4.69) is 15.5 Å². The molecule has 2 rings (SSSR count). The highest BCUT2D eigenvalue weighted by molar-refractivity contribution is 5.85. The summed E-state index contributed by atoms with van der Waals surface area (Å²) in [5.41, 5.74) is 0.828. The second-order valence-electron chi connectivity index (χ2n) is 4.12. The van der Waals surface area contributed by atoms with Gasteiger partial charge in [0.2, 0.25) is 5.91 Å². The molecule has 0 aliphatic heterocycles. The maximum Gasteiger partial charge on any atom is 0.356 e. The Balaban J connectivity index is 1.87. The van der Waals surface area contributed by atoms with Crippen molar-refractivity contribution in [2.45, 2.75) is 26.6 Å². The van der Waals surface area contributed by atoms with Crippen LogP contribution in [-0.2, 0) is 24.4 Å². The van der Waals surface area contributed by atoms with Crippen LogP contribution in [0.1, 0.15) is 23.1 Å². The van der Waals surface area contributed by atoms with E-state index in [1.807, 2.05) is 13.0 Å². The van der Waals surface area contributed by atoms with Crippen molar-refractivity contribution < 1.29 is 14.7 Å². The minimum absolute atomic E-state index is 0.0203. The number of nitrogens with one attached hydrogen (secondary N) is 1. The van der Waals surface area contributed by atoms with Crippen LogP contribution in [0.5, 0.6) is 0 Å². The number of hydrogen-bond acceptors (Lipinski definition) is 4. The summed E-state index contributed by atoms with van der Waals surface area (Å²) < 4.78 is 3.08. The topological polar surface area (TPSA) is 102 Å². The second-order valence-corrected chi connectivity index (χ2v) is 4.12. The third kappa shape index (κ3) is 3.22. The molecule has 0 aliphatic rings. The Hall–Kier alpha value is -2.64. The molecule has 2 heterocycles. The standard InChI is InChI=1S/C12H15N5O3/c1-2-17-9(3-5-14-17)7-13-11(18)8-16-6-4-10(15-16)12(19)20/h3-6H,2,7-8H2,1H3,(H,13,18)(H,19,20). The molecule has 1 amide bonds. The number of carbonyl (C=O) groups excluding carboxylic acids is 1. The van der Waals surface area contributed by atoms with Crippen LogP contribution >= 0.6 is 0 Å². The molecule has 0 atom stereocenters. The smallest absolute Gasteiger partial charge is 0.356 e. The molecule has 2 aromatic rings. The van der Waals surface area contributed by atoms with Crippen LogP contribution in [0, 0.1) is 0 Å². The number of carboxylic acids is 1. The van der Waals surface area contributed by atoms with Gasteiger partial charge in [-0.25, -0.2) is 4.79 Å².